The zero-order chi connectivity index (χ0) is 13.8. The van der Waals surface area contributed by atoms with E-state index in [1.807, 2.05) is 29.2 Å². The summed E-state index contributed by atoms with van der Waals surface area (Å²) in [4.78, 5) is 14.2. The summed E-state index contributed by atoms with van der Waals surface area (Å²) in [5.41, 5.74) is 6.75. The molecule has 1 aliphatic rings. The van der Waals surface area contributed by atoms with E-state index >= 15 is 0 Å². The number of amides is 1. The molecule has 19 heavy (non-hydrogen) atoms. The molecule has 0 radical (unpaired) electrons. The van der Waals surface area contributed by atoms with Gasteiger partial charge in [-0.05, 0) is 42.5 Å². The first-order chi connectivity index (χ1) is 9.10. The molecule has 1 aromatic carbocycles. The number of likely N-dealkylation sites (tertiary alicyclic amines) is 1. The predicted molar refractivity (Wildman–Crippen MR) is 78.1 cm³/mol. The molecule has 0 spiro atoms. The Morgan fingerprint density at radius 2 is 2.32 bits per heavy atom. The molecule has 2 rings (SSSR count). The fourth-order valence-electron chi connectivity index (χ4n) is 2.62. The number of benzene rings is 1. The van der Waals surface area contributed by atoms with Crippen molar-refractivity contribution in [1.29, 1.82) is 0 Å². The SMILES string of the molecule is CC1CCN(C(=O)Cc2cccc(Cl)c2)CC1CN. The van der Waals surface area contributed by atoms with E-state index in [1.165, 1.54) is 0 Å². The Labute approximate surface area is 119 Å². The van der Waals surface area contributed by atoms with E-state index in [-0.39, 0.29) is 5.91 Å². The lowest BCUT2D eigenvalue weighted by Crippen LogP contribution is -2.46. The average molecular weight is 281 g/mol. The van der Waals surface area contributed by atoms with Gasteiger partial charge in [-0.2, -0.15) is 0 Å². The summed E-state index contributed by atoms with van der Waals surface area (Å²) >= 11 is 5.94. The third-order valence-corrected chi connectivity index (χ3v) is 4.25. The molecule has 1 fully saturated rings. The van der Waals surface area contributed by atoms with E-state index in [0.717, 1.165) is 25.1 Å². The van der Waals surface area contributed by atoms with E-state index in [4.69, 9.17) is 17.3 Å². The van der Waals surface area contributed by atoms with Crippen molar-refractivity contribution in [3.8, 4) is 0 Å². The maximum Gasteiger partial charge on any atom is 0.227 e. The van der Waals surface area contributed by atoms with Gasteiger partial charge < -0.3 is 10.6 Å². The number of hydrogen-bond acceptors (Lipinski definition) is 2. The van der Waals surface area contributed by atoms with Crippen LogP contribution in [0.4, 0.5) is 0 Å². The maximum absolute atomic E-state index is 12.3. The summed E-state index contributed by atoms with van der Waals surface area (Å²) in [6, 6.07) is 7.50. The highest BCUT2D eigenvalue weighted by molar-refractivity contribution is 6.30. The first kappa shape index (κ1) is 14.4. The zero-order valence-corrected chi connectivity index (χ0v) is 12.1. The van der Waals surface area contributed by atoms with Crippen LogP contribution >= 0.6 is 11.6 Å². The Balaban J connectivity index is 1.97. The number of piperidine rings is 1. The highest BCUT2D eigenvalue weighted by Gasteiger charge is 2.27. The lowest BCUT2D eigenvalue weighted by molar-refractivity contribution is -0.132. The monoisotopic (exact) mass is 280 g/mol. The molecule has 2 unspecified atom stereocenters. The summed E-state index contributed by atoms with van der Waals surface area (Å²) in [7, 11) is 0. The fourth-order valence-corrected chi connectivity index (χ4v) is 2.83. The van der Waals surface area contributed by atoms with Crippen LogP contribution in [-0.2, 0) is 11.2 Å². The molecule has 1 saturated heterocycles. The van der Waals surface area contributed by atoms with E-state index in [0.29, 0.717) is 29.8 Å². The normalized spacial score (nSPS) is 23.4. The molecule has 0 bridgehead atoms. The molecular weight excluding hydrogens is 260 g/mol. The fraction of sp³-hybridized carbons (Fsp3) is 0.533. The molecule has 1 aromatic rings. The van der Waals surface area contributed by atoms with Crippen LogP contribution in [-0.4, -0.2) is 30.4 Å². The van der Waals surface area contributed by atoms with Gasteiger partial charge in [0.2, 0.25) is 5.91 Å². The number of nitrogens with two attached hydrogens (primary N) is 1. The van der Waals surface area contributed by atoms with Gasteiger partial charge in [0.1, 0.15) is 0 Å². The largest absolute Gasteiger partial charge is 0.342 e. The van der Waals surface area contributed by atoms with Crippen LogP contribution in [0.25, 0.3) is 0 Å². The molecule has 104 valence electrons. The average Bonchev–Trinajstić information content (AvgIpc) is 2.39. The zero-order valence-electron chi connectivity index (χ0n) is 11.3. The van der Waals surface area contributed by atoms with Gasteiger partial charge in [0.05, 0.1) is 6.42 Å². The van der Waals surface area contributed by atoms with Gasteiger partial charge in [-0.3, -0.25) is 4.79 Å². The van der Waals surface area contributed by atoms with Gasteiger partial charge in [-0.15, -0.1) is 0 Å². The van der Waals surface area contributed by atoms with Gasteiger partial charge in [-0.25, -0.2) is 0 Å². The van der Waals surface area contributed by atoms with Crippen LogP contribution in [0.2, 0.25) is 5.02 Å². The van der Waals surface area contributed by atoms with Gasteiger partial charge in [-0.1, -0.05) is 30.7 Å². The second kappa shape index (κ2) is 6.40. The second-order valence-corrected chi connectivity index (χ2v) is 5.84. The van der Waals surface area contributed by atoms with Gasteiger partial charge in [0, 0.05) is 18.1 Å². The highest BCUT2D eigenvalue weighted by Crippen LogP contribution is 2.23. The molecule has 2 atom stereocenters. The van der Waals surface area contributed by atoms with E-state index in [9.17, 15) is 4.79 Å². The summed E-state index contributed by atoms with van der Waals surface area (Å²) in [6.07, 6.45) is 1.47. The van der Waals surface area contributed by atoms with Crippen molar-refractivity contribution >= 4 is 17.5 Å². The highest BCUT2D eigenvalue weighted by atomic mass is 35.5. The first-order valence-electron chi connectivity index (χ1n) is 6.82. The third kappa shape index (κ3) is 3.71. The molecule has 1 aliphatic heterocycles. The van der Waals surface area contributed by atoms with Crippen LogP contribution < -0.4 is 5.73 Å². The molecule has 2 N–H and O–H groups in total. The van der Waals surface area contributed by atoms with Crippen molar-refractivity contribution in [2.24, 2.45) is 17.6 Å². The quantitative estimate of drug-likeness (QED) is 0.924. The smallest absolute Gasteiger partial charge is 0.227 e. The standard InChI is InChI=1S/C15H21ClN2O/c1-11-5-6-18(10-13(11)9-17)15(19)8-12-3-2-4-14(16)7-12/h2-4,7,11,13H,5-6,8-10,17H2,1H3. The molecular formula is C15H21ClN2O. The van der Waals surface area contributed by atoms with Crippen LogP contribution in [0.15, 0.2) is 24.3 Å². The topological polar surface area (TPSA) is 46.3 Å². The first-order valence-corrected chi connectivity index (χ1v) is 7.20. The number of carbonyl (C=O) groups is 1. The number of nitrogens with zero attached hydrogens (tertiary/aromatic N) is 1. The second-order valence-electron chi connectivity index (χ2n) is 5.41. The predicted octanol–water partition coefficient (Wildman–Crippen LogP) is 2.33. The Bertz CT molecular complexity index is 450. The Morgan fingerprint density at radius 3 is 3.00 bits per heavy atom. The van der Waals surface area contributed by atoms with E-state index in [2.05, 4.69) is 6.92 Å². The third-order valence-electron chi connectivity index (χ3n) is 4.01. The lowest BCUT2D eigenvalue weighted by atomic mass is 9.87. The Hall–Kier alpha value is -1.06. The summed E-state index contributed by atoms with van der Waals surface area (Å²) in [6.45, 7) is 4.51. The lowest BCUT2D eigenvalue weighted by Gasteiger charge is -2.36. The molecule has 3 nitrogen and oxygen atoms in total. The Kier molecular flexibility index (Phi) is 4.83. The molecule has 0 aromatic heterocycles. The molecule has 1 amide bonds. The van der Waals surface area contributed by atoms with Gasteiger partial charge in [0.15, 0.2) is 0 Å². The minimum atomic E-state index is 0.174. The van der Waals surface area contributed by atoms with Crippen molar-refractivity contribution < 1.29 is 4.79 Å². The van der Waals surface area contributed by atoms with Crippen LogP contribution in [0, 0.1) is 11.8 Å². The maximum atomic E-state index is 12.3. The molecule has 0 aliphatic carbocycles. The van der Waals surface area contributed by atoms with E-state index < -0.39 is 0 Å². The van der Waals surface area contributed by atoms with Crippen LogP contribution in [0.3, 0.4) is 0 Å². The Morgan fingerprint density at radius 1 is 1.53 bits per heavy atom. The number of hydrogen-bond donors (Lipinski definition) is 1. The summed E-state index contributed by atoms with van der Waals surface area (Å²) in [5, 5.41) is 0.678. The van der Waals surface area contributed by atoms with Gasteiger partial charge in [0.25, 0.3) is 0 Å². The molecule has 0 saturated carbocycles. The molecule has 1 heterocycles. The number of halogens is 1. The number of rotatable bonds is 3. The molecule has 4 heteroatoms. The number of carbonyl (C=O) groups excluding carboxylic acids is 1. The van der Waals surface area contributed by atoms with Crippen LogP contribution in [0.5, 0.6) is 0 Å². The van der Waals surface area contributed by atoms with Crippen LogP contribution in [0.1, 0.15) is 18.9 Å². The summed E-state index contributed by atoms with van der Waals surface area (Å²) < 4.78 is 0. The summed E-state index contributed by atoms with van der Waals surface area (Å²) in [5.74, 6) is 1.21. The van der Waals surface area contributed by atoms with Crippen molar-refractivity contribution in [2.45, 2.75) is 19.8 Å². The minimum absolute atomic E-state index is 0.174. The van der Waals surface area contributed by atoms with E-state index in [1.54, 1.807) is 0 Å². The van der Waals surface area contributed by atoms with Crippen molar-refractivity contribution in [2.75, 3.05) is 19.6 Å². The van der Waals surface area contributed by atoms with Crippen molar-refractivity contribution in [1.82, 2.24) is 4.90 Å². The van der Waals surface area contributed by atoms with Gasteiger partial charge >= 0.3 is 0 Å². The van der Waals surface area contributed by atoms with Crippen molar-refractivity contribution in [3.05, 3.63) is 34.9 Å². The minimum Gasteiger partial charge on any atom is -0.342 e. The van der Waals surface area contributed by atoms with Crippen molar-refractivity contribution in [3.63, 3.8) is 0 Å².